The van der Waals surface area contributed by atoms with Gasteiger partial charge in [0.2, 0.25) is 0 Å². The van der Waals surface area contributed by atoms with Gasteiger partial charge >= 0.3 is 0 Å². The van der Waals surface area contributed by atoms with Crippen LogP contribution in [0.25, 0.3) is 33.2 Å². The lowest BCUT2D eigenvalue weighted by Gasteiger charge is -2.35. The molecule has 0 aliphatic rings. The van der Waals surface area contributed by atoms with Crippen LogP contribution in [0.15, 0.2) is 97.2 Å². The molecule has 3 aromatic carbocycles. The van der Waals surface area contributed by atoms with E-state index in [0.29, 0.717) is 0 Å². The van der Waals surface area contributed by atoms with Crippen molar-refractivity contribution in [1.29, 1.82) is 0 Å². The molecular formula is C37H40N4. The van der Waals surface area contributed by atoms with Gasteiger partial charge in [-0.3, -0.25) is 4.98 Å². The molecule has 4 nitrogen and oxygen atoms in total. The Bertz CT molecular complexity index is 1780. The van der Waals surface area contributed by atoms with Gasteiger partial charge in [0.1, 0.15) is 0 Å². The van der Waals surface area contributed by atoms with Crippen LogP contribution in [-0.2, 0) is 5.41 Å². The van der Waals surface area contributed by atoms with Crippen LogP contribution in [0.3, 0.4) is 0 Å². The van der Waals surface area contributed by atoms with Gasteiger partial charge in [-0.2, -0.15) is 5.10 Å². The van der Waals surface area contributed by atoms with Gasteiger partial charge in [-0.25, -0.2) is 4.68 Å². The number of aryl methyl sites for hydroxylation is 2. The zero-order chi connectivity index (χ0) is 28.4. The van der Waals surface area contributed by atoms with E-state index in [1.165, 1.54) is 64.4 Å². The van der Waals surface area contributed by atoms with E-state index >= 15 is 0 Å². The fourth-order valence-corrected chi connectivity index (χ4v) is 6.62. The van der Waals surface area contributed by atoms with E-state index in [9.17, 15) is 0 Å². The molecule has 0 N–H and O–H groups in total. The van der Waals surface area contributed by atoms with Crippen molar-refractivity contribution in [2.24, 2.45) is 0 Å². The smallest absolute Gasteiger partial charge is 0.0670 e. The summed E-state index contributed by atoms with van der Waals surface area (Å²) in [5.41, 5.74) is 9.28. The quantitative estimate of drug-likeness (QED) is 0.173. The van der Waals surface area contributed by atoms with E-state index in [4.69, 9.17) is 10.1 Å². The van der Waals surface area contributed by atoms with E-state index in [-0.39, 0.29) is 5.41 Å². The highest BCUT2D eigenvalue weighted by Gasteiger charge is 2.35. The van der Waals surface area contributed by atoms with Crippen LogP contribution in [0.5, 0.6) is 0 Å². The third-order valence-corrected chi connectivity index (χ3v) is 8.64. The summed E-state index contributed by atoms with van der Waals surface area (Å²) in [6.45, 7) is 8.75. The van der Waals surface area contributed by atoms with Gasteiger partial charge in [0, 0.05) is 33.8 Å². The van der Waals surface area contributed by atoms with Crippen LogP contribution in [0.4, 0.5) is 0 Å². The maximum atomic E-state index is 4.96. The lowest BCUT2D eigenvalue weighted by molar-refractivity contribution is 0.396. The molecule has 3 heterocycles. The monoisotopic (exact) mass is 540 g/mol. The average molecular weight is 541 g/mol. The predicted octanol–water partition coefficient (Wildman–Crippen LogP) is 9.65. The molecule has 0 amide bonds. The van der Waals surface area contributed by atoms with Crippen molar-refractivity contribution in [3.05, 3.63) is 120 Å². The topological polar surface area (TPSA) is 35.6 Å². The maximum Gasteiger partial charge on any atom is 0.0670 e. The molecule has 0 aliphatic carbocycles. The van der Waals surface area contributed by atoms with Crippen molar-refractivity contribution in [3.63, 3.8) is 0 Å². The lowest BCUT2D eigenvalue weighted by Crippen LogP contribution is -2.29. The van der Waals surface area contributed by atoms with Crippen LogP contribution in [0, 0.1) is 13.8 Å². The number of hydrogen-bond acceptors (Lipinski definition) is 2. The Kier molecular flexibility index (Phi) is 7.49. The standard InChI is InChI=1S/C37H40N4/c1-5-7-21-37(22-8-6-2,36-18-11-12-23-38-36)29-14-13-15-30(25-29)40-34-17-10-9-16-32(34)33-20-19-31(26-35(33)40)41-28(4)24-27(3)39-41/h9-20,23-26H,5-8,21-22H2,1-4H3. The second-order valence-electron chi connectivity index (χ2n) is 11.4. The number of para-hydroxylation sites is 1. The minimum atomic E-state index is -0.114. The fraction of sp³-hybridized carbons (Fsp3) is 0.297. The van der Waals surface area contributed by atoms with Crippen LogP contribution in [-0.4, -0.2) is 19.3 Å². The Morgan fingerprint density at radius 2 is 1.44 bits per heavy atom. The first kappa shape index (κ1) is 27.0. The fourth-order valence-electron chi connectivity index (χ4n) is 6.62. The second kappa shape index (κ2) is 11.4. The molecule has 6 aromatic rings. The number of benzene rings is 3. The summed E-state index contributed by atoms with van der Waals surface area (Å²) in [5.74, 6) is 0. The summed E-state index contributed by atoms with van der Waals surface area (Å²) >= 11 is 0. The van der Waals surface area contributed by atoms with Crippen molar-refractivity contribution in [2.45, 2.75) is 71.6 Å². The Balaban J connectivity index is 1.59. The molecular weight excluding hydrogens is 500 g/mol. The van der Waals surface area contributed by atoms with Gasteiger partial charge in [0.25, 0.3) is 0 Å². The maximum absolute atomic E-state index is 4.96. The van der Waals surface area contributed by atoms with Crippen molar-refractivity contribution >= 4 is 21.8 Å². The molecule has 0 saturated heterocycles. The normalized spacial score (nSPS) is 12.0. The van der Waals surface area contributed by atoms with Gasteiger partial charge in [-0.1, -0.05) is 82.0 Å². The van der Waals surface area contributed by atoms with E-state index in [1.54, 1.807) is 0 Å². The molecule has 6 rings (SSSR count). The SMILES string of the molecule is CCCCC(CCCC)(c1cccc(-n2c3ccccc3c3ccc(-n4nc(C)cc4C)cc32)c1)c1ccccn1. The van der Waals surface area contributed by atoms with Gasteiger partial charge in [-0.05, 0) is 80.8 Å². The van der Waals surface area contributed by atoms with Gasteiger partial charge in [0.05, 0.1) is 28.1 Å². The summed E-state index contributed by atoms with van der Waals surface area (Å²) < 4.78 is 4.49. The molecule has 208 valence electrons. The Hall–Kier alpha value is -4.18. The summed E-state index contributed by atoms with van der Waals surface area (Å²) in [5, 5.41) is 7.30. The molecule has 0 fully saturated rings. The summed E-state index contributed by atoms with van der Waals surface area (Å²) in [4.78, 5) is 4.96. The zero-order valence-corrected chi connectivity index (χ0v) is 24.8. The van der Waals surface area contributed by atoms with E-state index < -0.39 is 0 Å². The number of pyridine rings is 1. The molecule has 4 heteroatoms. The van der Waals surface area contributed by atoms with Crippen LogP contribution in [0.1, 0.15) is 75.0 Å². The highest BCUT2D eigenvalue weighted by Crippen LogP contribution is 2.42. The first-order chi connectivity index (χ1) is 20.1. The Morgan fingerprint density at radius 1 is 0.683 bits per heavy atom. The average Bonchev–Trinajstić information content (AvgIpc) is 3.53. The molecule has 0 spiro atoms. The number of rotatable bonds is 10. The van der Waals surface area contributed by atoms with Crippen molar-refractivity contribution in [1.82, 2.24) is 19.3 Å². The second-order valence-corrected chi connectivity index (χ2v) is 11.4. The largest absolute Gasteiger partial charge is 0.309 e. The van der Waals surface area contributed by atoms with E-state index in [1.807, 2.05) is 12.3 Å². The third-order valence-electron chi connectivity index (χ3n) is 8.64. The first-order valence-corrected chi connectivity index (χ1v) is 15.1. The van der Waals surface area contributed by atoms with Crippen molar-refractivity contribution < 1.29 is 0 Å². The summed E-state index contributed by atoms with van der Waals surface area (Å²) in [6.07, 6.45) is 8.83. The van der Waals surface area contributed by atoms with Crippen LogP contribution >= 0.6 is 0 Å². The molecule has 0 unspecified atom stereocenters. The van der Waals surface area contributed by atoms with Crippen molar-refractivity contribution in [3.8, 4) is 11.4 Å². The summed E-state index contributed by atoms with van der Waals surface area (Å²) in [6, 6.07) is 33.3. The number of unbranched alkanes of at least 4 members (excludes halogenated alkanes) is 2. The minimum absolute atomic E-state index is 0.114. The molecule has 0 bridgehead atoms. The first-order valence-electron chi connectivity index (χ1n) is 15.1. The Labute approximate surface area is 243 Å². The molecule has 41 heavy (non-hydrogen) atoms. The van der Waals surface area contributed by atoms with Crippen LogP contribution in [0.2, 0.25) is 0 Å². The van der Waals surface area contributed by atoms with E-state index in [0.717, 1.165) is 29.9 Å². The number of fused-ring (bicyclic) bond motifs is 3. The third kappa shape index (κ3) is 4.86. The highest BCUT2D eigenvalue weighted by molar-refractivity contribution is 6.09. The molecule has 3 aromatic heterocycles. The lowest BCUT2D eigenvalue weighted by atomic mass is 9.70. The van der Waals surface area contributed by atoms with Gasteiger partial charge in [0.15, 0.2) is 0 Å². The molecule has 0 saturated carbocycles. The van der Waals surface area contributed by atoms with Gasteiger partial charge < -0.3 is 4.57 Å². The number of nitrogens with zero attached hydrogens (tertiary/aromatic N) is 4. The van der Waals surface area contributed by atoms with Crippen molar-refractivity contribution in [2.75, 3.05) is 0 Å². The van der Waals surface area contributed by atoms with Gasteiger partial charge in [-0.15, -0.1) is 0 Å². The highest BCUT2D eigenvalue weighted by atomic mass is 15.3. The molecule has 0 aliphatic heterocycles. The molecule has 0 atom stereocenters. The number of aromatic nitrogens is 4. The van der Waals surface area contributed by atoms with E-state index in [2.05, 4.69) is 122 Å². The molecule has 0 radical (unpaired) electrons. The zero-order valence-electron chi connectivity index (χ0n) is 24.8. The Morgan fingerprint density at radius 3 is 2.15 bits per heavy atom. The minimum Gasteiger partial charge on any atom is -0.309 e. The summed E-state index contributed by atoms with van der Waals surface area (Å²) in [7, 11) is 0. The van der Waals surface area contributed by atoms with Crippen LogP contribution < -0.4 is 0 Å². The predicted molar refractivity (Wildman–Crippen MR) is 171 cm³/mol. The number of hydrogen-bond donors (Lipinski definition) is 0.